The Morgan fingerprint density at radius 1 is 1.56 bits per heavy atom. The molecule has 0 fully saturated rings. The van der Waals surface area contributed by atoms with Gasteiger partial charge in [0.25, 0.3) is 0 Å². The zero-order valence-corrected chi connectivity index (χ0v) is 11.0. The van der Waals surface area contributed by atoms with Gasteiger partial charge in [-0.2, -0.15) is 20.2 Å². The lowest BCUT2D eigenvalue weighted by Gasteiger charge is -1.98. The van der Waals surface area contributed by atoms with Crippen LogP contribution in [0.4, 0.5) is 0 Å². The molecule has 1 aromatic rings. The fraction of sp³-hybridized carbons (Fsp3) is 0.333. The molecule has 0 aliphatic carbocycles. The number of furan rings is 1. The molecule has 9 heteroatoms. The quantitative estimate of drug-likeness (QED) is 0.748. The number of amidine groups is 2. The Hall–Kier alpha value is -1.48. The molecular weight excluding hydrogens is 276 g/mol. The Morgan fingerprint density at radius 2 is 2.39 bits per heavy atom. The summed E-state index contributed by atoms with van der Waals surface area (Å²) in [5.41, 5.74) is 5.40. The molecular formula is C9H12N4O3S2. The number of thioether (sulfide) groups is 1. The third-order valence-corrected chi connectivity index (χ3v) is 3.87. The summed E-state index contributed by atoms with van der Waals surface area (Å²) in [6.45, 7) is 0.458. The first-order valence-corrected chi connectivity index (χ1v) is 7.69. The van der Waals surface area contributed by atoms with Gasteiger partial charge in [-0.25, -0.2) is 4.72 Å². The van der Waals surface area contributed by atoms with Gasteiger partial charge in [-0.15, -0.1) is 4.40 Å². The fourth-order valence-electron chi connectivity index (χ4n) is 1.27. The van der Waals surface area contributed by atoms with Gasteiger partial charge in [-0.3, -0.25) is 4.99 Å². The van der Waals surface area contributed by atoms with Crippen molar-refractivity contribution in [3.63, 3.8) is 0 Å². The van der Waals surface area contributed by atoms with Crippen LogP contribution in [0.1, 0.15) is 5.76 Å². The number of aliphatic imine (C=N–C) groups is 1. The number of hydrogen-bond donors (Lipinski definition) is 2. The van der Waals surface area contributed by atoms with E-state index in [2.05, 4.69) is 14.1 Å². The van der Waals surface area contributed by atoms with E-state index in [1.54, 1.807) is 18.0 Å². The monoisotopic (exact) mass is 288 g/mol. The average Bonchev–Trinajstić information content (AvgIpc) is 2.86. The second kappa shape index (κ2) is 5.44. The highest BCUT2D eigenvalue weighted by Crippen LogP contribution is 2.12. The molecule has 0 saturated carbocycles. The van der Waals surface area contributed by atoms with Crippen LogP contribution in [0.2, 0.25) is 0 Å². The second-order valence-corrected chi connectivity index (χ2v) is 5.86. The smallest absolute Gasteiger partial charge is 0.345 e. The molecule has 3 N–H and O–H groups in total. The van der Waals surface area contributed by atoms with Gasteiger partial charge in [0.15, 0.2) is 11.7 Å². The molecule has 0 bridgehead atoms. The maximum atomic E-state index is 11.0. The first-order chi connectivity index (χ1) is 8.57. The van der Waals surface area contributed by atoms with Gasteiger partial charge in [0, 0.05) is 5.75 Å². The van der Waals surface area contributed by atoms with E-state index in [-0.39, 0.29) is 11.7 Å². The SMILES string of the molecule is NC1=NS(=O)(=O)NC1=NCCSCc1ccco1. The Kier molecular flexibility index (Phi) is 3.92. The standard InChI is InChI=1S/C9H12N4O3S2/c10-8-9(13-18(14,15)12-8)11-3-5-17-6-7-2-1-4-16-7/h1-2,4H,3,5-6H2,(H2,10,12)(H,11,13). The van der Waals surface area contributed by atoms with Crippen LogP contribution in [0.25, 0.3) is 0 Å². The van der Waals surface area contributed by atoms with Crippen molar-refractivity contribution in [2.45, 2.75) is 5.75 Å². The van der Waals surface area contributed by atoms with Crippen LogP contribution in [0, 0.1) is 0 Å². The zero-order chi connectivity index (χ0) is 13.0. The van der Waals surface area contributed by atoms with Gasteiger partial charge in [0.2, 0.25) is 0 Å². The van der Waals surface area contributed by atoms with Crippen LogP contribution in [-0.4, -0.2) is 32.4 Å². The number of hydrogen-bond acceptors (Lipinski definition) is 6. The molecule has 0 radical (unpaired) electrons. The molecule has 0 aromatic carbocycles. The Bertz CT molecular complexity index is 563. The van der Waals surface area contributed by atoms with Crippen molar-refractivity contribution < 1.29 is 12.8 Å². The maximum Gasteiger partial charge on any atom is 0.345 e. The molecule has 0 unspecified atom stereocenters. The van der Waals surface area contributed by atoms with E-state index < -0.39 is 10.2 Å². The highest BCUT2D eigenvalue weighted by atomic mass is 32.2. The number of nitrogens with one attached hydrogen (secondary N) is 1. The third-order valence-electron chi connectivity index (χ3n) is 2.02. The molecule has 0 spiro atoms. The van der Waals surface area contributed by atoms with E-state index >= 15 is 0 Å². The maximum absolute atomic E-state index is 11.0. The van der Waals surface area contributed by atoms with Gasteiger partial charge in [-0.05, 0) is 12.1 Å². The largest absolute Gasteiger partial charge is 0.468 e. The highest BCUT2D eigenvalue weighted by molar-refractivity contribution is 7.98. The zero-order valence-electron chi connectivity index (χ0n) is 9.37. The van der Waals surface area contributed by atoms with E-state index in [0.29, 0.717) is 6.54 Å². The van der Waals surface area contributed by atoms with Crippen LogP contribution in [0.5, 0.6) is 0 Å². The van der Waals surface area contributed by atoms with E-state index in [0.717, 1.165) is 17.3 Å². The molecule has 1 aliphatic rings. The third kappa shape index (κ3) is 3.50. The van der Waals surface area contributed by atoms with Crippen molar-refractivity contribution in [3.8, 4) is 0 Å². The lowest BCUT2D eigenvalue weighted by Crippen LogP contribution is -2.31. The lowest BCUT2D eigenvalue weighted by atomic mass is 10.5. The van der Waals surface area contributed by atoms with Crippen molar-refractivity contribution in [3.05, 3.63) is 24.2 Å². The normalized spacial score (nSPS) is 19.8. The molecule has 0 saturated heterocycles. The minimum Gasteiger partial charge on any atom is -0.468 e. The second-order valence-electron chi connectivity index (χ2n) is 3.42. The number of rotatable bonds is 5. The predicted molar refractivity (Wildman–Crippen MR) is 70.8 cm³/mol. The number of nitrogens with two attached hydrogens (primary N) is 1. The Balaban J connectivity index is 1.74. The molecule has 2 heterocycles. The van der Waals surface area contributed by atoms with Gasteiger partial charge >= 0.3 is 10.2 Å². The minimum atomic E-state index is -3.66. The summed E-state index contributed by atoms with van der Waals surface area (Å²) in [6.07, 6.45) is 1.63. The molecule has 1 aliphatic heterocycles. The molecule has 18 heavy (non-hydrogen) atoms. The summed E-state index contributed by atoms with van der Waals surface area (Å²) < 4.78 is 32.6. The summed E-state index contributed by atoms with van der Waals surface area (Å²) in [5, 5.41) is 0. The molecule has 7 nitrogen and oxygen atoms in total. The molecule has 0 atom stereocenters. The summed E-state index contributed by atoms with van der Waals surface area (Å²) in [7, 11) is -3.66. The molecule has 2 rings (SSSR count). The molecule has 1 aromatic heterocycles. The topological polar surface area (TPSA) is 110 Å². The van der Waals surface area contributed by atoms with Crippen LogP contribution in [-0.2, 0) is 16.0 Å². The van der Waals surface area contributed by atoms with E-state index in [1.807, 2.05) is 12.1 Å². The van der Waals surface area contributed by atoms with Crippen LogP contribution in [0.3, 0.4) is 0 Å². The lowest BCUT2D eigenvalue weighted by molar-refractivity contribution is 0.530. The molecule has 0 amide bonds. The van der Waals surface area contributed by atoms with Crippen LogP contribution < -0.4 is 10.5 Å². The van der Waals surface area contributed by atoms with Crippen molar-refractivity contribution in [1.29, 1.82) is 0 Å². The van der Waals surface area contributed by atoms with E-state index in [1.165, 1.54) is 0 Å². The van der Waals surface area contributed by atoms with Gasteiger partial charge < -0.3 is 10.2 Å². The number of nitrogens with zero attached hydrogens (tertiary/aromatic N) is 2. The summed E-state index contributed by atoms with van der Waals surface area (Å²) >= 11 is 1.64. The Labute approximate surface area is 109 Å². The highest BCUT2D eigenvalue weighted by Gasteiger charge is 2.23. The van der Waals surface area contributed by atoms with E-state index in [9.17, 15) is 8.42 Å². The van der Waals surface area contributed by atoms with Crippen molar-refractivity contribution in [2.75, 3.05) is 12.3 Å². The van der Waals surface area contributed by atoms with Crippen LogP contribution in [0.15, 0.2) is 32.2 Å². The average molecular weight is 288 g/mol. The van der Waals surface area contributed by atoms with Gasteiger partial charge in [0.05, 0.1) is 18.6 Å². The summed E-state index contributed by atoms with van der Waals surface area (Å²) in [4.78, 5) is 4.04. The first kappa shape index (κ1) is 13.0. The molecule has 98 valence electrons. The van der Waals surface area contributed by atoms with Crippen molar-refractivity contribution >= 4 is 33.6 Å². The van der Waals surface area contributed by atoms with Crippen LogP contribution >= 0.6 is 11.8 Å². The van der Waals surface area contributed by atoms with Gasteiger partial charge in [0.1, 0.15) is 5.76 Å². The van der Waals surface area contributed by atoms with Crippen molar-refractivity contribution in [2.24, 2.45) is 15.1 Å². The predicted octanol–water partition coefficient (Wildman–Crippen LogP) is 0.117. The minimum absolute atomic E-state index is 0.0916. The summed E-state index contributed by atoms with van der Waals surface area (Å²) in [6, 6.07) is 3.73. The summed E-state index contributed by atoms with van der Waals surface area (Å²) in [5.74, 6) is 2.42. The Morgan fingerprint density at radius 3 is 3.00 bits per heavy atom. The first-order valence-electron chi connectivity index (χ1n) is 5.10. The van der Waals surface area contributed by atoms with Crippen molar-refractivity contribution in [1.82, 2.24) is 4.72 Å². The fourth-order valence-corrected chi connectivity index (χ4v) is 2.81. The van der Waals surface area contributed by atoms with Gasteiger partial charge in [-0.1, -0.05) is 0 Å². The van der Waals surface area contributed by atoms with E-state index in [4.69, 9.17) is 10.2 Å².